The molecule has 0 spiro atoms. The number of rotatable bonds is 27. The Morgan fingerprint density at radius 2 is 1.31 bits per heavy atom. The molecule has 2 rings (SSSR count). The summed E-state index contributed by atoms with van der Waals surface area (Å²) >= 11 is 0. The number of hydrogen-bond acceptors (Lipinski definition) is 8. The van der Waals surface area contributed by atoms with E-state index in [0.29, 0.717) is 17.0 Å². The molecule has 12 heteroatoms. The van der Waals surface area contributed by atoms with Crippen molar-refractivity contribution in [3.8, 4) is 0 Å². The molecule has 1 aromatic rings. The lowest BCUT2D eigenvalue weighted by Crippen LogP contribution is -2.62. The molecule has 274 valence electrons. The summed E-state index contributed by atoms with van der Waals surface area (Å²) in [6.45, 7) is 3.43. The summed E-state index contributed by atoms with van der Waals surface area (Å²) in [6, 6.07) is 7.51. The predicted octanol–water partition coefficient (Wildman–Crippen LogP) is 6.25. The Morgan fingerprint density at radius 1 is 0.796 bits per heavy atom. The predicted molar refractivity (Wildman–Crippen MR) is 183 cm³/mol. The molecule has 0 bridgehead atoms. The van der Waals surface area contributed by atoms with Crippen molar-refractivity contribution in [3.63, 3.8) is 0 Å². The van der Waals surface area contributed by atoms with Gasteiger partial charge < -0.3 is 25.3 Å². The second-order valence-electron chi connectivity index (χ2n) is 12.9. The van der Waals surface area contributed by atoms with E-state index in [-0.39, 0.29) is 31.8 Å². The summed E-state index contributed by atoms with van der Waals surface area (Å²) < 4.78 is 5.86. The van der Waals surface area contributed by atoms with Crippen LogP contribution in [0.2, 0.25) is 0 Å². The smallest absolute Gasteiger partial charge is 0.385 e. The zero-order valence-corrected chi connectivity index (χ0v) is 29.5. The molecule has 1 fully saturated rings. The van der Waals surface area contributed by atoms with Crippen molar-refractivity contribution < 1.29 is 43.4 Å². The molecule has 4 amide bonds. The molecule has 12 nitrogen and oxygen atoms in total. The Balaban J connectivity index is 1.84. The molecule has 1 aliphatic rings. The van der Waals surface area contributed by atoms with Crippen molar-refractivity contribution in [1.29, 1.82) is 0 Å². The van der Waals surface area contributed by atoms with Crippen LogP contribution in [-0.2, 0) is 44.9 Å². The molecule has 2 atom stereocenters. The lowest BCUT2D eigenvalue weighted by Gasteiger charge is -2.33. The maximum absolute atomic E-state index is 13.5. The molecule has 3 N–H and O–H groups in total. The second kappa shape index (κ2) is 23.5. The number of carbonyl (C=O) groups excluding carboxylic acids is 5. The highest BCUT2D eigenvalue weighted by Gasteiger charge is 2.47. The van der Waals surface area contributed by atoms with Gasteiger partial charge >= 0.3 is 11.9 Å². The molecule has 0 saturated carbocycles. The van der Waals surface area contributed by atoms with E-state index < -0.39 is 54.3 Å². The second-order valence-corrected chi connectivity index (χ2v) is 12.9. The SMILES string of the molecule is CCCCCCCCCCCCCCCCCC(=O)N[C@@H](C)C(=O)N[C@@](CCC(=O)O)(OCc1ccccc1)C(=O)ON1C(=O)CCC1=O. The molecule has 0 radical (unpaired) electrons. The van der Waals surface area contributed by atoms with Crippen LogP contribution in [0, 0.1) is 0 Å². The average Bonchev–Trinajstić information content (AvgIpc) is 3.40. The van der Waals surface area contributed by atoms with Crippen molar-refractivity contribution >= 4 is 35.6 Å². The fraction of sp³-hybridized carbons (Fsp3) is 0.676. The van der Waals surface area contributed by atoms with Crippen molar-refractivity contribution in [2.24, 2.45) is 0 Å². The van der Waals surface area contributed by atoms with Crippen LogP contribution in [-0.4, -0.2) is 57.5 Å². The molecular formula is C37H57N3O9. The molecule has 0 unspecified atom stereocenters. The van der Waals surface area contributed by atoms with Crippen LogP contribution in [0.1, 0.15) is 148 Å². The zero-order chi connectivity index (χ0) is 35.9. The highest BCUT2D eigenvalue weighted by Crippen LogP contribution is 2.23. The van der Waals surface area contributed by atoms with E-state index in [4.69, 9.17) is 9.57 Å². The van der Waals surface area contributed by atoms with Gasteiger partial charge in [-0.05, 0) is 18.9 Å². The monoisotopic (exact) mass is 687 g/mol. The molecule has 0 aromatic heterocycles. The number of nitrogens with one attached hydrogen (secondary N) is 2. The largest absolute Gasteiger partial charge is 0.481 e. The number of ether oxygens (including phenoxy) is 1. The summed E-state index contributed by atoms with van der Waals surface area (Å²) in [5, 5.41) is 14.8. The van der Waals surface area contributed by atoms with Gasteiger partial charge in [0.25, 0.3) is 11.8 Å². The number of carbonyl (C=O) groups is 6. The number of amides is 4. The van der Waals surface area contributed by atoms with Crippen LogP contribution in [0.15, 0.2) is 30.3 Å². The standard InChI is InChI=1S/C37H57N3O9/c1-3-4-5-6-7-8-9-10-11-12-13-14-15-16-20-23-31(41)38-29(2)35(46)39-37(27-26-34(44)45,48-28-30-21-18-17-19-22-30)36(47)49-40-32(42)24-25-33(40)43/h17-19,21-22,29H,3-16,20,23-28H2,1-2H3,(H,38,41)(H,39,46)(H,44,45)/t29-,37-/m0/s1. The number of carboxylic acids is 1. The first-order valence-corrected chi connectivity index (χ1v) is 18.2. The minimum Gasteiger partial charge on any atom is -0.481 e. The highest BCUT2D eigenvalue weighted by atomic mass is 16.7. The molecule has 1 heterocycles. The van der Waals surface area contributed by atoms with Crippen molar-refractivity contribution in [2.45, 2.75) is 161 Å². The van der Waals surface area contributed by atoms with E-state index in [1.54, 1.807) is 30.3 Å². The van der Waals surface area contributed by atoms with E-state index in [1.165, 1.54) is 77.6 Å². The maximum Gasteiger partial charge on any atom is 0.385 e. The Hall–Kier alpha value is -3.80. The number of carboxylic acid groups (broad SMARTS) is 1. The van der Waals surface area contributed by atoms with Crippen molar-refractivity contribution in [1.82, 2.24) is 15.7 Å². The first-order valence-electron chi connectivity index (χ1n) is 18.2. The third-order valence-electron chi connectivity index (χ3n) is 8.63. The maximum atomic E-state index is 13.5. The molecule has 49 heavy (non-hydrogen) atoms. The Morgan fingerprint density at radius 3 is 1.82 bits per heavy atom. The van der Waals surface area contributed by atoms with Crippen LogP contribution in [0.3, 0.4) is 0 Å². The quantitative estimate of drug-likeness (QED) is 0.0550. The summed E-state index contributed by atoms with van der Waals surface area (Å²) in [4.78, 5) is 80.4. The lowest BCUT2D eigenvalue weighted by atomic mass is 10.0. The van der Waals surface area contributed by atoms with Gasteiger partial charge in [0.1, 0.15) is 6.04 Å². The number of aliphatic carboxylic acids is 1. The van der Waals surface area contributed by atoms with Gasteiger partial charge in [-0.25, -0.2) is 4.79 Å². The third-order valence-corrected chi connectivity index (χ3v) is 8.63. The molecule has 1 aromatic carbocycles. The minimum atomic E-state index is -2.39. The van der Waals surface area contributed by atoms with E-state index in [1.807, 2.05) is 0 Å². The van der Waals surface area contributed by atoms with Crippen LogP contribution in [0.4, 0.5) is 0 Å². The van der Waals surface area contributed by atoms with Gasteiger partial charge in [-0.2, -0.15) is 0 Å². The lowest BCUT2D eigenvalue weighted by molar-refractivity contribution is -0.220. The van der Waals surface area contributed by atoms with E-state index in [9.17, 15) is 33.9 Å². The van der Waals surface area contributed by atoms with Gasteiger partial charge in [-0.3, -0.25) is 24.0 Å². The van der Waals surface area contributed by atoms with Crippen LogP contribution in [0.5, 0.6) is 0 Å². The minimum absolute atomic E-state index is 0.159. The first kappa shape index (κ1) is 41.4. The average molecular weight is 688 g/mol. The first-order chi connectivity index (χ1) is 23.6. The fourth-order valence-electron chi connectivity index (χ4n) is 5.60. The number of imide groups is 1. The van der Waals surface area contributed by atoms with Crippen molar-refractivity contribution in [3.05, 3.63) is 35.9 Å². The normalized spacial score (nSPS) is 14.7. The van der Waals surface area contributed by atoms with E-state index in [0.717, 1.165) is 19.3 Å². The summed E-state index contributed by atoms with van der Waals surface area (Å²) in [6.07, 6.45) is 16.9. The Labute approximate surface area is 291 Å². The van der Waals surface area contributed by atoms with Crippen LogP contribution in [0.25, 0.3) is 0 Å². The van der Waals surface area contributed by atoms with Crippen LogP contribution < -0.4 is 10.6 Å². The number of hydrogen-bond donors (Lipinski definition) is 3. The number of benzene rings is 1. The van der Waals surface area contributed by atoms with Crippen molar-refractivity contribution in [2.75, 3.05) is 0 Å². The highest BCUT2D eigenvalue weighted by molar-refractivity contribution is 6.02. The number of unbranched alkanes of at least 4 members (excludes halogenated alkanes) is 14. The van der Waals surface area contributed by atoms with Gasteiger partial charge in [0.05, 0.1) is 13.0 Å². The number of hydroxylamine groups is 2. The molecule has 1 aliphatic heterocycles. The number of nitrogens with zero attached hydrogens (tertiary/aromatic N) is 1. The topological polar surface area (TPSA) is 168 Å². The van der Waals surface area contributed by atoms with Gasteiger partial charge in [0.15, 0.2) is 0 Å². The summed E-state index contributed by atoms with van der Waals surface area (Å²) in [7, 11) is 0. The Kier molecular flexibility index (Phi) is 19.9. The van der Waals surface area contributed by atoms with Gasteiger partial charge in [0, 0.05) is 25.7 Å². The zero-order valence-electron chi connectivity index (χ0n) is 29.5. The fourth-order valence-corrected chi connectivity index (χ4v) is 5.60. The van der Waals surface area contributed by atoms with Gasteiger partial charge in [-0.1, -0.05) is 127 Å². The third kappa shape index (κ3) is 16.4. The van der Waals surface area contributed by atoms with E-state index >= 15 is 0 Å². The van der Waals surface area contributed by atoms with Gasteiger partial charge in [0.2, 0.25) is 17.5 Å². The van der Waals surface area contributed by atoms with Gasteiger partial charge in [-0.15, -0.1) is 5.06 Å². The molecule has 1 saturated heterocycles. The van der Waals surface area contributed by atoms with E-state index in [2.05, 4.69) is 17.6 Å². The summed E-state index contributed by atoms with van der Waals surface area (Å²) in [5.74, 6) is -5.29. The molecule has 0 aliphatic carbocycles. The summed E-state index contributed by atoms with van der Waals surface area (Å²) in [5.41, 5.74) is -1.79. The van der Waals surface area contributed by atoms with Crippen LogP contribution >= 0.6 is 0 Å². The molecular weight excluding hydrogens is 630 g/mol. The Bertz CT molecular complexity index is 1180.